The van der Waals surface area contributed by atoms with Gasteiger partial charge in [0, 0.05) is 19.3 Å². The summed E-state index contributed by atoms with van der Waals surface area (Å²) in [6.07, 6.45) is 4.99. The molecule has 1 aliphatic heterocycles. The lowest BCUT2D eigenvalue weighted by molar-refractivity contribution is -0.0435. The second kappa shape index (κ2) is 2.21. The number of rotatable bonds is 0. The summed E-state index contributed by atoms with van der Waals surface area (Å²) in [5, 5.41) is 0. The van der Waals surface area contributed by atoms with Crippen molar-refractivity contribution in [3.8, 4) is 0 Å². The van der Waals surface area contributed by atoms with Crippen LogP contribution in [0.4, 0.5) is 0 Å². The van der Waals surface area contributed by atoms with E-state index in [-0.39, 0.29) is 0 Å². The van der Waals surface area contributed by atoms with Crippen molar-refractivity contribution in [3.63, 3.8) is 0 Å². The fourth-order valence-electron chi connectivity index (χ4n) is 2.12. The average Bonchev–Trinajstić information content (AvgIpc) is 2.04. The first-order valence-corrected chi connectivity index (χ1v) is 4.17. The third-order valence-electron chi connectivity index (χ3n) is 3.23. The van der Waals surface area contributed by atoms with Crippen molar-refractivity contribution in [1.29, 1.82) is 0 Å². The first kappa shape index (κ1) is 6.62. The van der Waals surface area contributed by atoms with Crippen LogP contribution in [0.25, 0.3) is 0 Å². The molecule has 2 nitrogen and oxygen atoms in total. The Morgan fingerprint density at radius 1 is 1.20 bits per heavy atom. The Kier molecular flexibility index (Phi) is 1.46. The maximum absolute atomic E-state index is 5.93. The van der Waals surface area contributed by atoms with Gasteiger partial charge in [0.1, 0.15) is 0 Å². The van der Waals surface area contributed by atoms with Crippen molar-refractivity contribution in [2.45, 2.75) is 31.7 Å². The van der Waals surface area contributed by atoms with Crippen LogP contribution in [0.15, 0.2) is 0 Å². The van der Waals surface area contributed by atoms with Gasteiger partial charge in [-0.15, -0.1) is 0 Å². The van der Waals surface area contributed by atoms with Gasteiger partial charge in [0.05, 0.1) is 0 Å². The molecule has 0 aromatic heterocycles. The molecular weight excluding hydrogens is 126 g/mol. The molecule has 2 rings (SSSR count). The molecule has 2 N–H and O–H groups in total. The van der Waals surface area contributed by atoms with Gasteiger partial charge in [-0.2, -0.15) is 0 Å². The summed E-state index contributed by atoms with van der Waals surface area (Å²) in [5.41, 5.74) is 6.44. The lowest BCUT2D eigenvalue weighted by Crippen LogP contribution is -2.53. The van der Waals surface area contributed by atoms with E-state index in [0.717, 1.165) is 13.2 Å². The smallest absolute Gasteiger partial charge is 0.0471 e. The van der Waals surface area contributed by atoms with E-state index >= 15 is 0 Å². The Morgan fingerprint density at radius 2 is 1.90 bits per heavy atom. The number of ether oxygens (including phenoxy) is 1. The van der Waals surface area contributed by atoms with Crippen molar-refractivity contribution in [1.82, 2.24) is 0 Å². The zero-order chi connectivity index (χ0) is 7.03. The van der Waals surface area contributed by atoms with E-state index in [1.165, 1.54) is 25.7 Å². The van der Waals surface area contributed by atoms with Crippen molar-refractivity contribution < 1.29 is 4.74 Å². The predicted molar refractivity (Wildman–Crippen MR) is 39.7 cm³/mol. The molecule has 0 aromatic rings. The summed E-state index contributed by atoms with van der Waals surface area (Å²) in [6.45, 7) is 1.88. The fraction of sp³-hybridized carbons (Fsp3) is 1.00. The van der Waals surface area contributed by atoms with E-state index in [9.17, 15) is 0 Å². The predicted octanol–water partition coefficient (Wildman–Crippen LogP) is 0.904. The van der Waals surface area contributed by atoms with E-state index in [1.807, 2.05) is 0 Å². The molecule has 1 aliphatic carbocycles. The topological polar surface area (TPSA) is 35.2 Å². The van der Waals surface area contributed by atoms with Crippen LogP contribution in [-0.4, -0.2) is 19.3 Å². The first-order chi connectivity index (χ1) is 4.83. The van der Waals surface area contributed by atoms with Crippen LogP contribution in [0.2, 0.25) is 0 Å². The molecule has 0 aromatic carbocycles. The van der Waals surface area contributed by atoms with Crippen LogP contribution in [0.1, 0.15) is 25.7 Å². The van der Waals surface area contributed by atoms with Gasteiger partial charge in [-0.3, -0.25) is 0 Å². The normalized spacial score (nSPS) is 37.5. The van der Waals surface area contributed by atoms with E-state index in [4.69, 9.17) is 10.5 Å². The number of hydrogen-bond acceptors (Lipinski definition) is 2. The molecule has 2 aliphatic rings. The molecule has 0 unspecified atom stereocenters. The minimum absolute atomic E-state index is 0.483. The minimum atomic E-state index is 0.483. The fourth-order valence-corrected chi connectivity index (χ4v) is 2.12. The maximum atomic E-state index is 5.93. The van der Waals surface area contributed by atoms with Crippen LogP contribution in [0.5, 0.6) is 0 Å². The molecule has 1 heterocycles. The highest BCUT2D eigenvalue weighted by atomic mass is 16.5. The van der Waals surface area contributed by atoms with Gasteiger partial charge in [-0.1, -0.05) is 0 Å². The molecule has 0 radical (unpaired) electrons. The van der Waals surface area contributed by atoms with Crippen LogP contribution in [-0.2, 0) is 4.74 Å². The lowest BCUT2D eigenvalue weighted by atomic mass is 9.60. The van der Waals surface area contributed by atoms with Crippen LogP contribution in [0.3, 0.4) is 0 Å². The Morgan fingerprint density at radius 3 is 2.20 bits per heavy atom. The molecular formula is C8H15NO. The molecule has 58 valence electrons. The molecule has 0 amide bonds. The van der Waals surface area contributed by atoms with Crippen molar-refractivity contribution >= 4 is 0 Å². The van der Waals surface area contributed by atoms with Crippen molar-refractivity contribution in [3.05, 3.63) is 0 Å². The van der Waals surface area contributed by atoms with E-state index in [1.54, 1.807) is 0 Å². The zero-order valence-corrected chi connectivity index (χ0v) is 6.31. The van der Waals surface area contributed by atoms with Crippen molar-refractivity contribution in [2.24, 2.45) is 11.1 Å². The van der Waals surface area contributed by atoms with Crippen LogP contribution >= 0.6 is 0 Å². The van der Waals surface area contributed by atoms with Gasteiger partial charge in [-0.05, 0) is 31.1 Å². The molecule has 1 saturated heterocycles. The molecule has 2 fully saturated rings. The van der Waals surface area contributed by atoms with Crippen LogP contribution < -0.4 is 5.73 Å². The second-order valence-corrected chi connectivity index (χ2v) is 3.62. The lowest BCUT2D eigenvalue weighted by Gasteiger charge is -2.50. The average molecular weight is 141 g/mol. The highest BCUT2D eigenvalue weighted by Gasteiger charge is 2.44. The third kappa shape index (κ3) is 0.789. The molecule has 1 spiro atoms. The van der Waals surface area contributed by atoms with E-state index in [2.05, 4.69) is 0 Å². The maximum Gasteiger partial charge on any atom is 0.0471 e. The summed E-state index contributed by atoms with van der Waals surface area (Å²) in [5.74, 6) is 0. The van der Waals surface area contributed by atoms with Gasteiger partial charge < -0.3 is 10.5 Å². The van der Waals surface area contributed by atoms with Crippen molar-refractivity contribution in [2.75, 3.05) is 13.2 Å². The Bertz CT molecular complexity index is 129. The summed E-state index contributed by atoms with van der Waals surface area (Å²) in [6, 6.07) is 0.483. The van der Waals surface area contributed by atoms with E-state index < -0.39 is 0 Å². The minimum Gasteiger partial charge on any atom is -0.381 e. The largest absolute Gasteiger partial charge is 0.381 e. The second-order valence-electron chi connectivity index (χ2n) is 3.62. The van der Waals surface area contributed by atoms with Gasteiger partial charge in [0.15, 0.2) is 0 Å². The van der Waals surface area contributed by atoms with Gasteiger partial charge in [0.25, 0.3) is 0 Å². The quantitative estimate of drug-likeness (QED) is 0.544. The Hall–Kier alpha value is -0.0800. The molecule has 10 heavy (non-hydrogen) atoms. The highest BCUT2D eigenvalue weighted by Crippen LogP contribution is 2.47. The highest BCUT2D eigenvalue weighted by molar-refractivity contribution is 4.99. The summed E-state index contributed by atoms with van der Waals surface area (Å²) in [4.78, 5) is 0. The molecule has 2 heteroatoms. The summed E-state index contributed by atoms with van der Waals surface area (Å²) >= 11 is 0. The number of hydrogen-bond donors (Lipinski definition) is 1. The van der Waals surface area contributed by atoms with E-state index in [0.29, 0.717) is 11.5 Å². The first-order valence-electron chi connectivity index (χ1n) is 4.17. The number of nitrogens with two attached hydrogens (primary N) is 1. The monoisotopic (exact) mass is 141 g/mol. The Balaban J connectivity index is 1.99. The summed E-state index contributed by atoms with van der Waals surface area (Å²) in [7, 11) is 0. The molecule has 1 atom stereocenters. The molecule has 0 bridgehead atoms. The molecule has 1 saturated carbocycles. The van der Waals surface area contributed by atoms with Gasteiger partial charge in [0.2, 0.25) is 0 Å². The zero-order valence-electron chi connectivity index (χ0n) is 6.31. The third-order valence-corrected chi connectivity index (χ3v) is 3.23. The standard InChI is InChI=1S/C8H15NO/c9-7-1-2-8(7)3-5-10-6-4-8/h7H,1-6,9H2/t7-/m1/s1. The van der Waals surface area contributed by atoms with Gasteiger partial charge >= 0.3 is 0 Å². The summed E-state index contributed by atoms with van der Waals surface area (Å²) < 4.78 is 5.29. The van der Waals surface area contributed by atoms with Gasteiger partial charge in [-0.25, -0.2) is 0 Å². The van der Waals surface area contributed by atoms with Crippen LogP contribution in [0, 0.1) is 5.41 Å². The SMILES string of the molecule is N[C@@H]1CCC12CCOCC2. The Labute approximate surface area is 61.7 Å².